The zero-order chi connectivity index (χ0) is 18.1. The van der Waals surface area contributed by atoms with Crippen LogP contribution in [0.4, 0.5) is 0 Å². The van der Waals surface area contributed by atoms with Gasteiger partial charge < -0.3 is 10.6 Å². The molecule has 3 heterocycles. The predicted octanol–water partition coefficient (Wildman–Crippen LogP) is 3.38. The molecule has 0 aliphatic carbocycles. The zero-order valence-corrected chi connectivity index (χ0v) is 15.0. The van der Waals surface area contributed by atoms with Crippen LogP contribution in [0.15, 0.2) is 53.9 Å². The number of carbonyl (C=O) groups excluding carboxylic acids is 1. The van der Waals surface area contributed by atoms with Crippen LogP contribution < -0.4 is 10.6 Å². The number of amides is 1. The lowest BCUT2D eigenvalue weighted by molar-refractivity contribution is -0.118. The molecule has 4 rings (SSSR count). The lowest BCUT2D eigenvalue weighted by Gasteiger charge is -2.26. The number of aromatic nitrogens is 2. The summed E-state index contributed by atoms with van der Waals surface area (Å²) in [7, 11) is 0. The van der Waals surface area contributed by atoms with Crippen molar-refractivity contribution in [3.63, 3.8) is 0 Å². The van der Waals surface area contributed by atoms with Gasteiger partial charge in [-0.3, -0.25) is 4.79 Å². The molecule has 0 fully saturated rings. The molecule has 2 aromatic rings. The van der Waals surface area contributed by atoms with Gasteiger partial charge in [0.2, 0.25) is 5.91 Å². The van der Waals surface area contributed by atoms with Crippen molar-refractivity contribution < 1.29 is 4.79 Å². The normalized spacial score (nSPS) is 16.7. The van der Waals surface area contributed by atoms with Gasteiger partial charge in [0.25, 0.3) is 0 Å². The maximum Gasteiger partial charge on any atom is 0.249 e. The number of nitrogens with one attached hydrogen (secondary N) is 2. The fourth-order valence-corrected chi connectivity index (χ4v) is 3.30. The third-order valence-corrected chi connectivity index (χ3v) is 4.86. The molecule has 2 N–H and O–H groups in total. The molecule has 2 aliphatic rings. The van der Waals surface area contributed by atoms with Crippen molar-refractivity contribution in [2.75, 3.05) is 6.54 Å². The molecule has 0 radical (unpaired) electrons. The number of carbonyl (C=O) groups is 1. The van der Waals surface area contributed by atoms with Crippen LogP contribution in [0.5, 0.6) is 0 Å². The second-order valence-corrected chi connectivity index (χ2v) is 6.95. The average Bonchev–Trinajstić information content (AvgIpc) is 2.68. The van der Waals surface area contributed by atoms with Crippen LogP contribution in [0, 0.1) is 0 Å². The lowest BCUT2D eigenvalue weighted by atomic mass is 9.98. The van der Waals surface area contributed by atoms with Crippen LogP contribution in [0.3, 0.4) is 0 Å². The van der Waals surface area contributed by atoms with E-state index in [1.54, 1.807) is 6.20 Å². The van der Waals surface area contributed by atoms with Gasteiger partial charge in [-0.15, -0.1) is 0 Å². The predicted molar refractivity (Wildman–Crippen MR) is 102 cm³/mol. The number of allylic oxidation sites excluding steroid dienone is 1. The quantitative estimate of drug-likeness (QED) is 0.894. The van der Waals surface area contributed by atoms with Gasteiger partial charge in [0.15, 0.2) is 5.82 Å². The SMILES string of the molecule is CC(C)c1ccc(-c2nccc(C3=CCC4=C(CCNC4=O)N3)n2)cc1. The van der Waals surface area contributed by atoms with Gasteiger partial charge in [-0.1, -0.05) is 44.2 Å². The lowest BCUT2D eigenvalue weighted by Crippen LogP contribution is -2.36. The largest absolute Gasteiger partial charge is 0.357 e. The Hall–Kier alpha value is -2.95. The maximum atomic E-state index is 11.9. The minimum absolute atomic E-state index is 0.0302. The Labute approximate surface area is 153 Å². The van der Waals surface area contributed by atoms with E-state index in [0.717, 1.165) is 34.6 Å². The highest BCUT2D eigenvalue weighted by Crippen LogP contribution is 2.26. The molecule has 5 nitrogen and oxygen atoms in total. The van der Waals surface area contributed by atoms with Gasteiger partial charge in [-0.05, 0) is 24.0 Å². The van der Waals surface area contributed by atoms with Crippen molar-refractivity contribution >= 4 is 11.6 Å². The van der Waals surface area contributed by atoms with Crippen molar-refractivity contribution in [3.8, 4) is 11.4 Å². The topological polar surface area (TPSA) is 66.9 Å². The Kier molecular flexibility index (Phi) is 4.29. The van der Waals surface area contributed by atoms with E-state index in [9.17, 15) is 4.79 Å². The molecule has 132 valence electrons. The van der Waals surface area contributed by atoms with Crippen molar-refractivity contribution in [1.82, 2.24) is 20.6 Å². The van der Waals surface area contributed by atoms with E-state index >= 15 is 0 Å². The van der Waals surface area contributed by atoms with E-state index in [1.165, 1.54) is 5.56 Å². The van der Waals surface area contributed by atoms with Gasteiger partial charge in [0.05, 0.1) is 11.4 Å². The number of benzene rings is 1. The smallest absolute Gasteiger partial charge is 0.249 e. The first-order chi connectivity index (χ1) is 12.6. The summed E-state index contributed by atoms with van der Waals surface area (Å²) < 4.78 is 0. The standard InChI is InChI=1S/C21H22N4O/c1-13(2)14-3-5-15(6-4-14)20-22-11-10-19(25-20)18-8-7-16-17(24-18)9-12-23-21(16)26/h3-6,8,10-11,13,24H,7,9,12H2,1-2H3,(H,23,26). The van der Waals surface area contributed by atoms with Gasteiger partial charge >= 0.3 is 0 Å². The molecule has 0 unspecified atom stereocenters. The summed E-state index contributed by atoms with van der Waals surface area (Å²) in [5.74, 6) is 1.24. The molecule has 5 heteroatoms. The molecule has 0 saturated heterocycles. The fourth-order valence-electron chi connectivity index (χ4n) is 3.30. The Bertz CT molecular complexity index is 910. The van der Waals surface area contributed by atoms with E-state index in [1.807, 2.05) is 12.1 Å². The number of dihydropyridines is 1. The monoisotopic (exact) mass is 346 g/mol. The molecule has 1 aromatic carbocycles. The fraction of sp³-hybridized carbons (Fsp3) is 0.286. The van der Waals surface area contributed by atoms with Crippen molar-refractivity contribution in [3.05, 3.63) is 65.1 Å². The third kappa shape index (κ3) is 3.12. The minimum atomic E-state index is 0.0302. The summed E-state index contributed by atoms with van der Waals surface area (Å²) in [6.07, 6.45) is 5.27. The molecule has 26 heavy (non-hydrogen) atoms. The van der Waals surface area contributed by atoms with Gasteiger partial charge in [0.1, 0.15) is 0 Å². The number of hydrogen-bond donors (Lipinski definition) is 2. The van der Waals surface area contributed by atoms with Gasteiger partial charge in [0, 0.05) is 36.0 Å². The van der Waals surface area contributed by atoms with Crippen LogP contribution in [-0.2, 0) is 4.79 Å². The highest BCUT2D eigenvalue weighted by atomic mass is 16.1. The molecular weight excluding hydrogens is 324 g/mol. The van der Waals surface area contributed by atoms with Crippen LogP contribution >= 0.6 is 0 Å². The molecule has 1 amide bonds. The van der Waals surface area contributed by atoms with Gasteiger partial charge in [-0.25, -0.2) is 9.97 Å². The summed E-state index contributed by atoms with van der Waals surface area (Å²) in [4.78, 5) is 21.1. The molecule has 2 aliphatic heterocycles. The molecular formula is C21H22N4O. The average molecular weight is 346 g/mol. The van der Waals surface area contributed by atoms with E-state index in [0.29, 0.717) is 24.7 Å². The van der Waals surface area contributed by atoms with E-state index in [2.05, 4.69) is 53.7 Å². The van der Waals surface area contributed by atoms with Crippen LogP contribution in [-0.4, -0.2) is 22.4 Å². The first kappa shape index (κ1) is 16.5. The number of rotatable bonds is 3. The summed E-state index contributed by atoms with van der Waals surface area (Å²) >= 11 is 0. The van der Waals surface area contributed by atoms with Crippen molar-refractivity contribution in [1.29, 1.82) is 0 Å². The second kappa shape index (κ2) is 6.75. The molecule has 1 aromatic heterocycles. The van der Waals surface area contributed by atoms with Crippen molar-refractivity contribution in [2.45, 2.75) is 32.6 Å². The maximum absolute atomic E-state index is 11.9. The Morgan fingerprint density at radius 1 is 1.12 bits per heavy atom. The van der Waals surface area contributed by atoms with E-state index < -0.39 is 0 Å². The van der Waals surface area contributed by atoms with Crippen LogP contribution in [0.25, 0.3) is 17.1 Å². The first-order valence-corrected chi connectivity index (χ1v) is 9.03. The van der Waals surface area contributed by atoms with Crippen LogP contribution in [0.1, 0.15) is 43.9 Å². The highest BCUT2D eigenvalue weighted by molar-refractivity contribution is 5.96. The summed E-state index contributed by atoms with van der Waals surface area (Å²) in [6.45, 7) is 5.04. The molecule has 0 atom stereocenters. The summed E-state index contributed by atoms with van der Waals surface area (Å²) in [6, 6.07) is 10.3. The Balaban J connectivity index is 1.59. The number of nitrogens with zero attached hydrogens (tertiary/aromatic N) is 2. The van der Waals surface area contributed by atoms with Crippen LogP contribution in [0.2, 0.25) is 0 Å². The Morgan fingerprint density at radius 2 is 1.92 bits per heavy atom. The third-order valence-electron chi connectivity index (χ3n) is 4.86. The van der Waals surface area contributed by atoms with Gasteiger partial charge in [-0.2, -0.15) is 0 Å². The number of hydrogen-bond acceptors (Lipinski definition) is 4. The zero-order valence-electron chi connectivity index (χ0n) is 15.0. The van der Waals surface area contributed by atoms with E-state index in [4.69, 9.17) is 4.98 Å². The Morgan fingerprint density at radius 3 is 2.69 bits per heavy atom. The van der Waals surface area contributed by atoms with E-state index in [-0.39, 0.29) is 5.91 Å². The molecule has 0 saturated carbocycles. The molecule has 0 spiro atoms. The second-order valence-electron chi connectivity index (χ2n) is 6.95. The summed E-state index contributed by atoms with van der Waals surface area (Å²) in [5, 5.41) is 6.28. The van der Waals surface area contributed by atoms with Crippen molar-refractivity contribution in [2.24, 2.45) is 0 Å². The first-order valence-electron chi connectivity index (χ1n) is 9.03. The molecule has 0 bridgehead atoms. The minimum Gasteiger partial charge on any atom is -0.357 e. The summed E-state index contributed by atoms with van der Waals surface area (Å²) in [5.41, 5.74) is 5.94. The highest BCUT2D eigenvalue weighted by Gasteiger charge is 2.23.